The van der Waals surface area contributed by atoms with Gasteiger partial charge >= 0.3 is 0 Å². The van der Waals surface area contributed by atoms with E-state index in [4.69, 9.17) is 0 Å². The Bertz CT molecular complexity index is 915. The van der Waals surface area contributed by atoms with Crippen LogP contribution in [0.3, 0.4) is 0 Å². The van der Waals surface area contributed by atoms with E-state index in [0.29, 0.717) is 19.4 Å². The number of amides is 1. The van der Waals surface area contributed by atoms with Crippen molar-refractivity contribution in [2.24, 2.45) is 0 Å². The first kappa shape index (κ1) is 20.4. The highest BCUT2D eigenvalue weighted by atomic mass is 32.2. The van der Waals surface area contributed by atoms with Crippen LogP contribution in [0.15, 0.2) is 53.4 Å². The lowest BCUT2D eigenvalue weighted by Gasteiger charge is -2.34. The second-order valence-corrected chi connectivity index (χ2v) is 8.72. The second kappa shape index (κ2) is 8.79. The van der Waals surface area contributed by atoms with Crippen molar-refractivity contribution in [3.8, 4) is 0 Å². The van der Waals surface area contributed by atoms with Gasteiger partial charge in [-0.1, -0.05) is 18.6 Å². The standard InChI is InChI=1S/C20H22F2N2O3S/c21-16-6-4-15(5-7-16)14-23-20(25)13-18-3-1-2-12-24(18)28(26,27)19-10-8-17(22)9-11-19/h4-11,18H,1-3,12-14H2,(H,23,25). The third-order valence-electron chi connectivity index (χ3n) is 4.82. The van der Waals surface area contributed by atoms with Gasteiger partial charge in [-0.25, -0.2) is 17.2 Å². The zero-order valence-corrected chi connectivity index (χ0v) is 16.1. The van der Waals surface area contributed by atoms with E-state index in [-0.39, 0.29) is 29.6 Å². The fourth-order valence-electron chi connectivity index (χ4n) is 3.33. The Morgan fingerprint density at radius 1 is 1.00 bits per heavy atom. The molecule has 1 aliphatic heterocycles. The van der Waals surface area contributed by atoms with Crippen molar-refractivity contribution in [1.82, 2.24) is 9.62 Å². The second-order valence-electron chi connectivity index (χ2n) is 6.83. The Labute approximate surface area is 163 Å². The highest BCUT2D eigenvalue weighted by Crippen LogP contribution is 2.27. The molecule has 0 aliphatic carbocycles. The summed E-state index contributed by atoms with van der Waals surface area (Å²) in [5, 5.41) is 2.75. The molecule has 1 saturated heterocycles. The van der Waals surface area contributed by atoms with Crippen LogP contribution >= 0.6 is 0 Å². The van der Waals surface area contributed by atoms with Gasteiger partial charge in [-0.05, 0) is 54.8 Å². The lowest BCUT2D eigenvalue weighted by molar-refractivity contribution is -0.122. The molecule has 0 radical (unpaired) electrons. The van der Waals surface area contributed by atoms with Gasteiger partial charge in [0.2, 0.25) is 15.9 Å². The minimum absolute atomic E-state index is 0.0209. The van der Waals surface area contributed by atoms with Gasteiger partial charge in [0.25, 0.3) is 0 Å². The van der Waals surface area contributed by atoms with E-state index in [0.717, 1.165) is 24.1 Å². The van der Waals surface area contributed by atoms with E-state index in [1.807, 2.05) is 0 Å². The van der Waals surface area contributed by atoms with E-state index in [2.05, 4.69) is 5.32 Å². The van der Waals surface area contributed by atoms with Gasteiger partial charge in [-0.2, -0.15) is 4.31 Å². The lowest BCUT2D eigenvalue weighted by atomic mass is 10.0. The van der Waals surface area contributed by atoms with Crippen molar-refractivity contribution in [1.29, 1.82) is 0 Å². The molecule has 1 unspecified atom stereocenters. The van der Waals surface area contributed by atoms with Gasteiger partial charge in [0.15, 0.2) is 0 Å². The Kier molecular flexibility index (Phi) is 6.41. The predicted octanol–water partition coefficient (Wildman–Crippen LogP) is 3.21. The quantitative estimate of drug-likeness (QED) is 0.798. The molecular formula is C20H22F2N2O3S. The summed E-state index contributed by atoms with van der Waals surface area (Å²) in [6, 6.07) is 10.1. The predicted molar refractivity (Wildman–Crippen MR) is 101 cm³/mol. The molecule has 8 heteroatoms. The van der Waals surface area contributed by atoms with Gasteiger partial charge < -0.3 is 5.32 Å². The molecule has 1 aliphatic rings. The highest BCUT2D eigenvalue weighted by Gasteiger charge is 2.34. The number of sulfonamides is 1. The molecule has 5 nitrogen and oxygen atoms in total. The minimum Gasteiger partial charge on any atom is -0.352 e. The highest BCUT2D eigenvalue weighted by molar-refractivity contribution is 7.89. The summed E-state index contributed by atoms with van der Waals surface area (Å²) < 4.78 is 53.3. The number of nitrogens with one attached hydrogen (secondary N) is 1. The molecule has 0 bridgehead atoms. The van der Waals surface area contributed by atoms with E-state index >= 15 is 0 Å². The first-order valence-electron chi connectivity index (χ1n) is 9.15. The van der Waals surface area contributed by atoms with Gasteiger partial charge in [0.05, 0.1) is 4.90 Å². The number of benzene rings is 2. The Balaban J connectivity index is 1.66. The smallest absolute Gasteiger partial charge is 0.243 e. The topological polar surface area (TPSA) is 66.5 Å². The molecule has 1 amide bonds. The summed E-state index contributed by atoms with van der Waals surface area (Å²) in [4.78, 5) is 12.4. The molecule has 1 heterocycles. The molecule has 3 rings (SSSR count). The molecule has 0 spiro atoms. The maximum atomic E-state index is 13.1. The molecule has 0 aromatic heterocycles. The molecule has 1 N–H and O–H groups in total. The maximum Gasteiger partial charge on any atom is 0.243 e. The zero-order valence-electron chi connectivity index (χ0n) is 15.3. The normalized spacial score (nSPS) is 18.0. The van der Waals surface area contributed by atoms with Gasteiger partial charge in [-0.15, -0.1) is 0 Å². The van der Waals surface area contributed by atoms with Crippen molar-refractivity contribution >= 4 is 15.9 Å². The summed E-state index contributed by atoms with van der Waals surface area (Å²) in [6.07, 6.45) is 2.19. The Morgan fingerprint density at radius 3 is 2.25 bits per heavy atom. The van der Waals surface area contributed by atoms with Crippen LogP contribution in [0, 0.1) is 11.6 Å². The van der Waals surface area contributed by atoms with Crippen LogP contribution in [0.5, 0.6) is 0 Å². The first-order chi connectivity index (χ1) is 13.4. The van der Waals surface area contributed by atoms with Crippen LogP contribution in [0.4, 0.5) is 8.78 Å². The molecule has 1 atom stereocenters. The summed E-state index contributed by atoms with van der Waals surface area (Å²) in [5.74, 6) is -1.12. The van der Waals surface area contributed by atoms with Gasteiger partial charge in [0.1, 0.15) is 11.6 Å². The lowest BCUT2D eigenvalue weighted by Crippen LogP contribution is -2.45. The fraction of sp³-hybridized carbons (Fsp3) is 0.350. The van der Waals surface area contributed by atoms with Gasteiger partial charge in [-0.3, -0.25) is 4.79 Å². The zero-order chi connectivity index (χ0) is 20.1. The van der Waals surface area contributed by atoms with Crippen LogP contribution in [0.1, 0.15) is 31.2 Å². The van der Waals surface area contributed by atoms with Crippen molar-refractivity contribution in [2.45, 2.75) is 43.2 Å². The number of carbonyl (C=O) groups is 1. The number of nitrogens with zero attached hydrogens (tertiary/aromatic N) is 1. The van der Waals surface area contributed by atoms with Crippen LogP contribution in [-0.4, -0.2) is 31.2 Å². The van der Waals surface area contributed by atoms with Crippen LogP contribution < -0.4 is 5.32 Å². The summed E-state index contributed by atoms with van der Waals surface area (Å²) in [6.45, 7) is 0.576. The maximum absolute atomic E-state index is 13.1. The summed E-state index contributed by atoms with van der Waals surface area (Å²) in [5.41, 5.74) is 0.759. The third kappa shape index (κ3) is 4.94. The molecule has 2 aromatic carbocycles. The van der Waals surface area contributed by atoms with E-state index in [9.17, 15) is 22.0 Å². The summed E-state index contributed by atoms with van der Waals surface area (Å²) in [7, 11) is -3.80. The molecule has 28 heavy (non-hydrogen) atoms. The van der Waals surface area contributed by atoms with E-state index in [1.54, 1.807) is 12.1 Å². The van der Waals surface area contributed by atoms with Crippen LogP contribution in [-0.2, 0) is 21.4 Å². The molecule has 2 aromatic rings. The number of halogens is 2. The largest absolute Gasteiger partial charge is 0.352 e. The number of carbonyl (C=O) groups excluding carboxylic acids is 1. The summed E-state index contributed by atoms with van der Waals surface area (Å²) >= 11 is 0. The Hall–Kier alpha value is -2.32. The average molecular weight is 408 g/mol. The molecular weight excluding hydrogens is 386 g/mol. The van der Waals surface area contributed by atoms with Crippen LogP contribution in [0.25, 0.3) is 0 Å². The fourth-order valence-corrected chi connectivity index (χ4v) is 5.02. The van der Waals surface area contributed by atoms with Crippen molar-refractivity contribution in [2.75, 3.05) is 6.54 Å². The number of hydrogen-bond donors (Lipinski definition) is 1. The van der Waals surface area contributed by atoms with Crippen molar-refractivity contribution in [3.63, 3.8) is 0 Å². The monoisotopic (exact) mass is 408 g/mol. The first-order valence-corrected chi connectivity index (χ1v) is 10.6. The van der Waals surface area contributed by atoms with E-state index < -0.39 is 21.9 Å². The number of hydrogen-bond acceptors (Lipinski definition) is 3. The van der Waals surface area contributed by atoms with Crippen molar-refractivity contribution in [3.05, 3.63) is 65.7 Å². The van der Waals surface area contributed by atoms with Crippen LogP contribution in [0.2, 0.25) is 0 Å². The third-order valence-corrected chi connectivity index (χ3v) is 6.78. The minimum atomic E-state index is -3.80. The van der Waals surface area contributed by atoms with Crippen molar-refractivity contribution < 1.29 is 22.0 Å². The van der Waals surface area contributed by atoms with Gasteiger partial charge in [0, 0.05) is 25.6 Å². The van der Waals surface area contributed by atoms with E-state index in [1.165, 1.54) is 28.6 Å². The SMILES string of the molecule is O=C(CC1CCCCN1S(=O)(=O)c1ccc(F)cc1)NCc1ccc(F)cc1. The number of piperidine rings is 1. The number of rotatable bonds is 6. The molecule has 150 valence electrons. The average Bonchev–Trinajstić information content (AvgIpc) is 2.68. The molecule has 1 fully saturated rings. The Morgan fingerprint density at radius 2 is 1.61 bits per heavy atom. The molecule has 0 saturated carbocycles.